The predicted molar refractivity (Wildman–Crippen MR) is 56.4 cm³/mol. The second kappa shape index (κ2) is 3.94. The van der Waals surface area contributed by atoms with Crippen LogP contribution in [0.25, 0.3) is 11.5 Å². The Balaban J connectivity index is 2.49. The van der Waals surface area contributed by atoms with Crippen molar-refractivity contribution in [2.45, 2.75) is 19.9 Å². The molecule has 0 saturated heterocycles. The monoisotopic (exact) mass is 223 g/mol. The van der Waals surface area contributed by atoms with Gasteiger partial charge in [-0.25, -0.2) is 9.67 Å². The van der Waals surface area contributed by atoms with Crippen LogP contribution in [0.1, 0.15) is 19.9 Å². The molecule has 0 aliphatic rings. The molecule has 2 aromatic rings. The van der Waals surface area contributed by atoms with Crippen molar-refractivity contribution in [2.75, 3.05) is 0 Å². The van der Waals surface area contributed by atoms with Crippen LogP contribution in [-0.4, -0.2) is 25.2 Å². The molecule has 2 aromatic heterocycles. The number of halogens is 1. The molecule has 78 valence electrons. The van der Waals surface area contributed by atoms with E-state index >= 15 is 0 Å². The zero-order valence-corrected chi connectivity index (χ0v) is 9.18. The van der Waals surface area contributed by atoms with Gasteiger partial charge >= 0.3 is 0 Å². The highest BCUT2D eigenvalue weighted by atomic mass is 35.5. The minimum atomic E-state index is 0.191. The number of aromatic nitrogens is 5. The lowest BCUT2D eigenvalue weighted by atomic mass is 10.3. The number of hydrogen-bond acceptors (Lipinski definition) is 4. The van der Waals surface area contributed by atoms with Gasteiger partial charge in [-0.15, -0.1) is 5.10 Å². The maximum absolute atomic E-state index is 5.80. The summed E-state index contributed by atoms with van der Waals surface area (Å²) in [6, 6.07) is 5.56. The first-order valence-electron chi connectivity index (χ1n) is 4.59. The Morgan fingerprint density at radius 1 is 1.33 bits per heavy atom. The molecule has 2 rings (SSSR count). The fourth-order valence-corrected chi connectivity index (χ4v) is 1.41. The molecule has 0 unspecified atom stereocenters. The standard InChI is InChI=1S/C9H10ClN5/c1-6(2)15-9(12-13-14-15)7-4-3-5-8(10)11-7/h3-6H,1-2H3. The van der Waals surface area contributed by atoms with Crippen LogP contribution in [0.15, 0.2) is 18.2 Å². The van der Waals surface area contributed by atoms with Gasteiger partial charge in [-0.1, -0.05) is 17.7 Å². The van der Waals surface area contributed by atoms with E-state index in [1.54, 1.807) is 10.7 Å². The molecule has 0 spiro atoms. The van der Waals surface area contributed by atoms with Gasteiger partial charge < -0.3 is 0 Å². The molecule has 0 atom stereocenters. The van der Waals surface area contributed by atoms with Gasteiger partial charge in [0.2, 0.25) is 5.82 Å². The van der Waals surface area contributed by atoms with E-state index in [0.29, 0.717) is 16.7 Å². The number of pyridine rings is 1. The largest absolute Gasteiger partial charge is 0.233 e. The van der Waals surface area contributed by atoms with Crippen LogP contribution in [0.4, 0.5) is 0 Å². The van der Waals surface area contributed by atoms with Crippen LogP contribution in [0.3, 0.4) is 0 Å². The molecule has 0 saturated carbocycles. The number of nitrogens with zero attached hydrogens (tertiary/aromatic N) is 5. The van der Waals surface area contributed by atoms with Crippen LogP contribution in [0.2, 0.25) is 5.15 Å². The summed E-state index contributed by atoms with van der Waals surface area (Å²) in [6.07, 6.45) is 0. The summed E-state index contributed by atoms with van der Waals surface area (Å²) in [7, 11) is 0. The highest BCUT2D eigenvalue weighted by Gasteiger charge is 2.12. The second-order valence-electron chi connectivity index (χ2n) is 3.39. The Morgan fingerprint density at radius 2 is 2.13 bits per heavy atom. The van der Waals surface area contributed by atoms with Crippen molar-refractivity contribution < 1.29 is 0 Å². The molecule has 5 nitrogen and oxygen atoms in total. The van der Waals surface area contributed by atoms with Crippen molar-refractivity contribution in [3.8, 4) is 11.5 Å². The smallest absolute Gasteiger partial charge is 0.200 e. The Hall–Kier alpha value is -1.49. The van der Waals surface area contributed by atoms with E-state index in [2.05, 4.69) is 20.5 Å². The van der Waals surface area contributed by atoms with Gasteiger partial charge in [-0.3, -0.25) is 0 Å². The Kier molecular flexibility index (Phi) is 2.64. The highest BCUT2D eigenvalue weighted by molar-refractivity contribution is 6.29. The molecule has 0 aliphatic carbocycles. The Labute approximate surface area is 92.1 Å². The van der Waals surface area contributed by atoms with E-state index in [1.165, 1.54) is 0 Å². The minimum Gasteiger partial charge on any atom is -0.233 e. The van der Waals surface area contributed by atoms with E-state index in [0.717, 1.165) is 0 Å². The average Bonchev–Trinajstić information content (AvgIpc) is 2.65. The molecule has 2 heterocycles. The van der Waals surface area contributed by atoms with Crippen molar-refractivity contribution in [3.63, 3.8) is 0 Å². The van der Waals surface area contributed by atoms with E-state index in [-0.39, 0.29) is 6.04 Å². The molecule has 0 bridgehead atoms. The molecule has 0 aromatic carbocycles. The summed E-state index contributed by atoms with van der Waals surface area (Å²) < 4.78 is 1.71. The molecular formula is C9H10ClN5. The van der Waals surface area contributed by atoms with E-state index < -0.39 is 0 Å². The summed E-state index contributed by atoms with van der Waals surface area (Å²) in [5.41, 5.74) is 0.682. The van der Waals surface area contributed by atoms with Gasteiger partial charge in [0.05, 0.1) is 6.04 Å². The molecule has 15 heavy (non-hydrogen) atoms. The molecule has 0 aliphatic heterocycles. The third kappa shape index (κ3) is 1.97. The van der Waals surface area contributed by atoms with E-state index in [1.807, 2.05) is 26.0 Å². The molecule has 0 amide bonds. The maximum atomic E-state index is 5.80. The topological polar surface area (TPSA) is 56.5 Å². The lowest BCUT2D eigenvalue weighted by Crippen LogP contribution is -2.06. The van der Waals surface area contributed by atoms with Crippen LogP contribution >= 0.6 is 11.6 Å². The molecule has 0 N–H and O–H groups in total. The number of rotatable bonds is 2. The third-order valence-electron chi connectivity index (χ3n) is 1.93. The van der Waals surface area contributed by atoms with Gasteiger partial charge in [-0.05, 0) is 36.4 Å². The van der Waals surface area contributed by atoms with Crippen molar-refractivity contribution in [1.29, 1.82) is 0 Å². The zero-order chi connectivity index (χ0) is 10.8. The quantitative estimate of drug-likeness (QED) is 0.731. The van der Waals surface area contributed by atoms with E-state index in [9.17, 15) is 0 Å². The van der Waals surface area contributed by atoms with Crippen LogP contribution < -0.4 is 0 Å². The SMILES string of the molecule is CC(C)n1nnnc1-c1cccc(Cl)n1. The number of hydrogen-bond donors (Lipinski definition) is 0. The predicted octanol–water partition coefficient (Wildman–Crippen LogP) is 1.97. The first kappa shape index (κ1) is 10.0. The van der Waals surface area contributed by atoms with Crippen LogP contribution in [0.5, 0.6) is 0 Å². The lowest BCUT2D eigenvalue weighted by Gasteiger charge is -2.06. The van der Waals surface area contributed by atoms with Gasteiger partial charge in [0, 0.05) is 0 Å². The highest BCUT2D eigenvalue weighted by Crippen LogP contribution is 2.18. The second-order valence-corrected chi connectivity index (χ2v) is 3.77. The van der Waals surface area contributed by atoms with Crippen LogP contribution in [-0.2, 0) is 0 Å². The van der Waals surface area contributed by atoms with Gasteiger partial charge in [0.15, 0.2) is 0 Å². The van der Waals surface area contributed by atoms with Crippen LogP contribution in [0, 0.1) is 0 Å². The van der Waals surface area contributed by atoms with Gasteiger partial charge in [-0.2, -0.15) is 0 Å². The van der Waals surface area contributed by atoms with Crippen molar-refractivity contribution in [3.05, 3.63) is 23.4 Å². The maximum Gasteiger partial charge on any atom is 0.200 e. The van der Waals surface area contributed by atoms with Crippen molar-refractivity contribution in [1.82, 2.24) is 25.2 Å². The molecular weight excluding hydrogens is 214 g/mol. The van der Waals surface area contributed by atoms with Gasteiger partial charge in [0.1, 0.15) is 10.8 Å². The lowest BCUT2D eigenvalue weighted by molar-refractivity contribution is 0.518. The summed E-state index contributed by atoms with van der Waals surface area (Å²) in [5, 5.41) is 11.9. The van der Waals surface area contributed by atoms with Crippen molar-refractivity contribution >= 4 is 11.6 Å². The Bertz CT molecular complexity index is 465. The third-order valence-corrected chi connectivity index (χ3v) is 2.14. The molecule has 0 radical (unpaired) electrons. The zero-order valence-electron chi connectivity index (χ0n) is 8.42. The summed E-state index contributed by atoms with van der Waals surface area (Å²) >= 11 is 5.80. The fourth-order valence-electron chi connectivity index (χ4n) is 1.24. The molecule has 0 fully saturated rings. The van der Waals surface area contributed by atoms with E-state index in [4.69, 9.17) is 11.6 Å². The van der Waals surface area contributed by atoms with Crippen molar-refractivity contribution in [2.24, 2.45) is 0 Å². The molecule has 6 heteroatoms. The summed E-state index contributed by atoms with van der Waals surface area (Å²) in [4.78, 5) is 4.16. The normalized spacial score (nSPS) is 10.9. The fraction of sp³-hybridized carbons (Fsp3) is 0.333. The minimum absolute atomic E-state index is 0.191. The first-order valence-corrected chi connectivity index (χ1v) is 4.97. The summed E-state index contributed by atoms with van der Waals surface area (Å²) in [6.45, 7) is 4.01. The number of tetrazole rings is 1. The first-order chi connectivity index (χ1) is 7.18. The average molecular weight is 224 g/mol. The Morgan fingerprint density at radius 3 is 2.80 bits per heavy atom. The summed E-state index contributed by atoms with van der Waals surface area (Å²) in [5.74, 6) is 0.632. The van der Waals surface area contributed by atoms with Gasteiger partial charge in [0.25, 0.3) is 0 Å².